The van der Waals surface area contributed by atoms with Crippen LogP contribution < -0.4 is 10.6 Å². The van der Waals surface area contributed by atoms with E-state index in [2.05, 4.69) is 20.7 Å². The molecule has 0 aliphatic rings. The molecular formula is C22H31N7O3S. The molecule has 0 saturated carbocycles. The van der Waals surface area contributed by atoms with Gasteiger partial charge < -0.3 is 15.5 Å². The average Bonchev–Trinajstić information content (AvgIpc) is 3.18. The third kappa shape index (κ3) is 5.49. The molecule has 2 N–H and O–H groups in total. The van der Waals surface area contributed by atoms with Gasteiger partial charge in [0.25, 0.3) is 5.91 Å². The Labute approximate surface area is 194 Å². The van der Waals surface area contributed by atoms with Gasteiger partial charge in [-0.05, 0) is 44.3 Å². The van der Waals surface area contributed by atoms with Crippen LogP contribution >= 0.6 is 0 Å². The van der Waals surface area contributed by atoms with Crippen molar-refractivity contribution in [2.75, 3.05) is 46.6 Å². The topological polar surface area (TPSA) is 112 Å². The van der Waals surface area contributed by atoms with E-state index in [9.17, 15) is 13.2 Å². The average molecular weight is 474 g/mol. The van der Waals surface area contributed by atoms with Crippen LogP contribution in [0.5, 0.6) is 0 Å². The molecule has 0 atom stereocenters. The van der Waals surface area contributed by atoms with E-state index < -0.39 is 10.0 Å². The van der Waals surface area contributed by atoms with Gasteiger partial charge in [0.15, 0.2) is 5.65 Å². The Hall–Kier alpha value is -3.02. The van der Waals surface area contributed by atoms with Crippen molar-refractivity contribution in [2.24, 2.45) is 0 Å². The van der Waals surface area contributed by atoms with Crippen molar-refractivity contribution < 1.29 is 13.2 Å². The molecule has 0 aliphatic carbocycles. The fourth-order valence-electron chi connectivity index (χ4n) is 3.15. The SMILES string of the molecule is CC(C)c1cnn2c(Nc3ccc(S(=O)(=O)N(C)C)cc3)cc(C(=O)NCCN(C)C)nc12. The maximum atomic E-state index is 12.8. The monoisotopic (exact) mass is 473 g/mol. The number of anilines is 2. The predicted molar refractivity (Wildman–Crippen MR) is 129 cm³/mol. The highest BCUT2D eigenvalue weighted by molar-refractivity contribution is 7.89. The van der Waals surface area contributed by atoms with Gasteiger partial charge in [0, 0.05) is 44.5 Å². The highest BCUT2D eigenvalue weighted by atomic mass is 32.2. The van der Waals surface area contributed by atoms with Crippen LogP contribution in [0, 0.1) is 0 Å². The summed E-state index contributed by atoms with van der Waals surface area (Å²) in [6.45, 7) is 5.30. The van der Waals surface area contributed by atoms with Crippen molar-refractivity contribution in [1.29, 1.82) is 0 Å². The number of hydrogen-bond acceptors (Lipinski definition) is 7. The van der Waals surface area contributed by atoms with Crippen molar-refractivity contribution >= 4 is 33.1 Å². The van der Waals surface area contributed by atoms with E-state index in [1.165, 1.54) is 30.5 Å². The van der Waals surface area contributed by atoms with E-state index in [4.69, 9.17) is 0 Å². The van der Waals surface area contributed by atoms with Gasteiger partial charge >= 0.3 is 0 Å². The van der Waals surface area contributed by atoms with Gasteiger partial charge in [-0.2, -0.15) is 9.61 Å². The number of sulfonamides is 1. The number of nitrogens with one attached hydrogen (secondary N) is 2. The van der Waals surface area contributed by atoms with Crippen molar-refractivity contribution in [3.05, 3.63) is 47.8 Å². The highest BCUT2D eigenvalue weighted by Gasteiger charge is 2.19. The number of aromatic nitrogens is 3. The standard InChI is InChI=1S/C22H31N7O3S/c1-15(2)18-14-24-29-20(13-19(26-21(18)29)22(30)23-11-12-27(3)4)25-16-7-9-17(10-8-16)33(31,32)28(5)6/h7-10,13-15,25H,11-12H2,1-6H3,(H,23,30). The van der Waals surface area contributed by atoms with Crippen molar-refractivity contribution in [3.63, 3.8) is 0 Å². The minimum absolute atomic E-state index is 0.172. The molecule has 0 saturated heterocycles. The Kier molecular flexibility index (Phi) is 7.35. The summed E-state index contributed by atoms with van der Waals surface area (Å²) in [5, 5.41) is 10.6. The summed E-state index contributed by atoms with van der Waals surface area (Å²) in [6.07, 6.45) is 1.75. The number of amides is 1. The van der Waals surface area contributed by atoms with Crippen molar-refractivity contribution in [2.45, 2.75) is 24.7 Å². The number of hydrogen-bond donors (Lipinski definition) is 2. The molecule has 2 heterocycles. The second-order valence-electron chi connectivity index (χ2n) is 8.51. The molecule has 11 heteroatoms. The van der Waals surface area contributed by atoms with Crippen LogP contribution in [0.2, 0.25) is 0 Å². The Morgan fingerprint density at radius 1 is 1.12 bits per heavy atom. The lowest BCUT2D eigenvalue weighted by atomic mass is 10.1. The van der Waals surface area contributed by atoms with Crippen molar-refractivity contribution in [3.8, 4) is 0 Å². The lowest BCUT2D eigenvalue weighted by Crippen LogP contribution is -2.32. The minimum Gasteiger partial charge on any atom is -0.349 e. The summed E-state index contributed by atoms with van der Waals surface area (Å²) in [5.41, 5.74) is 2.45. The molecule has 0 unspecified atom stereocenters. The first-order valence-electron chi connectivity index (χ1n) is 10.6. The van der Waals surface area contributed by atoms with Crippen LogP contribution in [0.15, 0.2) is 41.4 Å². The third-order valence-electron chi connectivity index (χ3n) is 5.10. The minimum atomic E-state index is -3.52. The zero-order chi connectivity index (χ0) is 24.3. The molecule has 10 nitrogen and oxygen atoms in total. The summed E-state index contributed by atoms with van der Waals surface area (Å²) in [4.78, 5) is 19.5. The number of carbonyl (C=O) groups is 1. The zero-order valence-corrected chi connectivity index (χ0v) is 20.6. The summed E-state index contributed by atoms with van der Waals surface area (Å²) < 4.78 is 27.5. The van der Waals surface area contributed by atoms with Gasteiger partial charge in [-0.25, -0.2) is 17.7 Å². The highest BCUT2D eigenvalue weighted by Crippen LogP contribution is 2.25. The first kappa shape index (κ1) is 24.6. The van der Waals surface area contributed by atoms with E-state index in [0.29, 0.717) is 30.2 Å². The van der Waals surface area contributed by atoms with Crippen molar-refractivity contribution in [1.82, 2.24) is 29.1 Å². The lowest BCUT2D eigenvalue weighted by Gasteiger charge is -2.14. The smallest absolute Gasteiger partial charge is 0.270 e. The van der Waals surface area contributed by atoms with E-state index in [-0.39, 0.29) is 22.4 Å². The molecule has 0 spiro atoms. The molecule has 178 valence electrons. The molecule has 1 amide bonds. The number of nitrogens with zero attached hydrogens (tertiary/aromatic N) is 5. The van der Waals surface area contributed by atoms with Gasteiger partial charge in [0.2, 0.25) is 10.0 Å². The molecular weight excluding hydrogens is 442 g/mol. The predicted octanol–water partition coefficient (Wildman–Crippen LogP) is 2.14. The molecule has 0 fully saturated rings. The van der Waals surface area contributed by atoms with Crippen LogP contribution in [0.4, 0.5) is 11.5 Å². The van der Waals surface area contributed by atoms with Gasteiger partial charge in [-0.3, -0.25) is 4.79 Å². The zero-order valence-electron chi connectivity index (χ0n) is 19.8. The summed E-state index contributed by atoms with van der Waals surface area (Å²) in [5.74, 6) is 0.448. The molecule has 2 aromatic heterocycles. The normalized spacial score (nSPS) is 12.2. The number of rotatable bonds is 9. The number of benzene rings is 1. The number of carbonyl (C=O) groups excluding carboxylic acids is 1. The Bertz CT molecular complexity index is 1230. The largest absolute Gasteiger partial charge is 0.349 e. The molecule has 33 heavy (non-hydrogen) atoms. The summed E-state index contributed by atoms with van der Waals surface area (Å²) in [7, 11) is 3.34. The third-order valence-corrected chi connectivity index (χ3v) is 6.93. The van der Waals surface area contributed by atoms with Crippen LogP contribution in [-0.4, -0.2) is 79.4 Å². The second kappa shape index (κ2) is 9.86. The van der Waals surface area contributed by atoms with Gasteiger partial charge in [-0.15, -0.1) is 0 Å². The number of likely N-dealkylation sites (N-methyl/N-ethyl adjacent to an activating group) is 1. The summed E-state index contributed by atoms with van der Waals surface area (Å²) >= 11 is 0. The molecule has 1 aromatic carbocycles. The molecule has 0 bridgehead atoms. The Morgan fingerprint density at radius 2 is 1.79 bits per heavy atom. The quantitative estimate of drug-likeness (QED) is 0.490. The maximum absolute atomic E-state index is 12.8. The lowest BCUT2D eigenvalue weighted by molar-refractivity contribution is 0.0946. The fourth-order valence-corrected chi connectivity index (χ4v) is 4.05. The van der Waals surface area contributed by atoms with Crippen LogP contribution in [0.3, 0.4) is 0 Å². The second-order valence-corrected chi connectivity index (χ2v) is 10.7. The fraction of sp³-hybridized carbons (Fsp3) is 0.409. The van der Waals surface area contributed by atoms with E-state index in [0.717, 1.165) is 5.56 Å². The summed E-state index contributed by atoms with van der Waals surface area (Å²) in [6, 6.07) is 8.05. The van der Waals surface area contributed by atoms with Gasteiger partial charge in [0.1, 0.15) is 11.5 Å². The first-order chi connectivity index (χ1) is 15.5. The number of fused-ring (bicyclic) bond motifs is 1. The first-order valence-corrected chi connectivity index (χ1v) is 12.1. The van der Waals surface area contributed by atoms with Gasteiger partial charge in [-0.1, -0.05) is 13.8 Å². The Morgan fingerprint density at radius 3 is 2.36 bits per heavy atom. The van der Waals surface area contributed by atoms with Crippen LogP contribution in [0.1, 0.15) is 35.8 Å². The molecule has 3 aromatic rings. The molecule has 0 aliphatic heterocycles. The Balaban J connectivity index is 1.96. The maximum Gasteiger partial charge on any atom is 0.270 e. The van der Waals surface area contributed by atoms with E-state index in [1.807, 2.05) is 32.8 Å². The van der Waals surface area contributed by atoms with Gasteiger partial charge in [0.05, 0.1) is 11.1 Å². The van der Waals surface area contributed by atoms with Crippen LogP contribution in [0.25, 0.3) is 5.65 Å². The molecule has 0 radical (unpaired) electrons. The van der Waals surface area contributed by atoms with E-state index >= 15 is 0 Å². The molecule has 3 rings (SSSR count). The van der Waals surface area contributed by atoms with E-state index in [1.54, 1.807) is 28.9 Å². The van der Waals surface area contributed by atoms with Crippen LogP contribution in [-0.2, 0) is 10.0 Å².